The highest BCUT2D eigenvalue weighted by atomic mass is 79.9. The molecule has 1 fully saturated rings. The molecule has 1 aromatic heterocycles. The molecule has 0 spiro atoms. The lowest BCUT2D eigenvalue weighted by molar-refractivity contribution is 0.460. The quantitative estimate of drug-likeness (QED) is 0.839. The maximum atomic E-state index is 7.62. The van der Waals surface area contributed by atoms with Gasteiger partial charge in [0.1, 0.15) is 11.4 Å². The Hall–Kier alpha value is -1.66. The van der Waals surface area contributed by atoms with Crippen LogP contribution in [0.15, 0.2) is 33.9 Å². The highest BCUT2D eigenvalue weighted by Gasteiger charge is 2.14. The first-order chi connectivity index (χ1) is 10.3. The summed E-state index contributed by atoms with van der Waals surface area (Å²) in [5.41, 5.74) is 2.92. The van der Waals surface area contributed by atoms with Crippen molar-refractivity contribution in [2.45, 2.75) is 18.9 Å². The second-order valence-corrected chi connectivity index (χ2v) is 5.94. The van der Waals surface area contributed by atoms with Gasteiger partial charge in [0, 0.05) is 10.7 Å². The summed E-state index contributed by atoms with van der Waals surface area (Å²) in [5.74, 6) is 0. The number of benzene rings is 1. The number of nitrogens with one attached hydrogen (secondary N) is 2. The molecule has 2 N–H and O–H groups in total. The lowest BCUT2D eigenvalue weighted by Crippen LogP contribution is -2.30. The van der Waals surface area contributed by atoms with Gasteiger partial charge >= 0.3 is 0 Å². The van der Waals surface area contributed by atoms with E-state index in [-0.39, 0.29) is 6.04 Å². The lowest BCUT2D eigenvalue weighted by Gasteiger charge is -2.19. The smallest absolute Gasteiger partial charge is 0.109 e. The van der Waals surface area contributed by atoms with Gasteiger partial charge in [0.2, 0.25) is 0 Å². The number of aliphatic imine (C=N–C) groups is 1. The molecule has 0 saturated carbocycles. The molecule has 1 aromatic carbocycles. The summed E-state index contributed by atoms with van der Waals surface area (Å²) in [4.78, 5) is 13.7. The van der Waals surface area contributed by atoms with Crippen molar-refractivity contribution in [2.24, 2.45) is 4.99 Å². The summed E-state index contributed by atoms with van der Waals surface area (Å²) >= 11 is 3.44. The van der Waals surface area contributed by atoms with Crippen LogP contribution >= 0.6 is 15.9 Å². The average molecular weight is 346 g/mol. The molecule has 0 unspecified atom stereocenters. The molecule has 21 heavy (non-hydrogen) atoms. The lowest BCUT2D eigenvalue weighted by atomic mass is 10.1. The highest BCUT2D eigenvalue weighted by Crippen LogP contribution is 2.17. The van der Waals surface area contributed by atoms with Gasteiger partial charge in [-0.15, -0.1) is 0 Å². The van der Waals surface area contributed by atoms with Crippen LogP contribution in [0.3, 0.4) is 0 Å². The van der Waals surface area contributed by atoms with E-state index in [1.807, 2.05) is 18.2 Å². The molecule has 1 aliphatic rings. The summed E-state index contributed by atoms with van der Waals surface area (Å²) in [5, 5.41) is 10.9. The number of hydrogen-bond donors (Lipinski definition) is 2. The molecule has 108 valence electrons. The van der Waals surface area contributed by atoms with Crippen LogP contribution in [0.5, 0.6) is 0 Å². The zero-order valence-corrected chi connectivity index (χ0v) is 13.1. The molecule has 5 nitrogen and oxygen atoms in total. The number of nitrogens with zero attached hydrogens (tertiary/aromatic N) is 3. The van der Waals surface area contributed by atoms with Crippen LogP contribution < -0.4 is 5.32 Å². The van der Waals surface area contributed by atoms with E-state index < -0.39 is 0 Å². The first-order valence-corrected chi connectivity index (χ1v) is 7.77. The number of aromatic nitrogens is 2. The second-order valence-electron chi connectivity index (χ2n) is 5.03. The van der Waals surface area contributed by atoms with Crippen LogP contribution in [0.4, 0.5) is 0 Å². The Labute approximate surface area is 131 Å². The number of rotatable bonds is 3. The molecule has 2 heterocycles. The van der Waals surface area contributed by atoms with E-state index >= 15 is 0 Å². The van der Waals surface area contributed by atoms with Crippen molar-refractivity contribution < 1.29 is 0 Å². The predicted molar refractivity (Wildman–Crippen MR) is 88.5 cm³/mol. The molecule has 0 bridgehead atoms. The van der Waals surface area contributed by atoms with Gasteiger partial charge < -0.3 is 10.7 Å². The topological polar surface area (TPSA) is 74.0 Å². The third-order valence-electron chi connectivity index (χ3n) is 3.53. The first-order valence-electron chi connectivity index (χ1n) is 6.98. The van der Waals surface area contributed by atoms with E-state index in [4.69, 9.17) is 5.41 Å². The fourth-order valence-electron chi connectivity index (χ4n) is 2.42. The summed E-state index contributed by atoms with van der Waals surface area (Å²) in [6.45, 7) is 1.96. The van der Waals surface area contributed by atoms with Gasteiger partial charge in [-0.25, -0.2) is 4.98 Å². The standard InChI is InChI=1S/C15H16BrN5/c16-10-1-2-12-13(7-10)21-15(9-19-12)14(8-17)20-11-3-5-18-6-4-11/h1-2,7-9,11,17-18H,3-6H2. The van der Waals surface area contributed by atoms with Crippen LogP contribution in [0.2, 0.25) is 0 Å². The maximum Gasteiger partial charge on any atom is 0.109 e. The molecule has 0 radical (unpaired) electrons. The highest BCUT2D eigenvalue weighted by molar-refractivity contribution is 9.10. The van der Waals surface area contributed by atoms with Crippen molar-refractivity contribution in [3.05, 3.63) is 34.6 Å². The van der Waals surface area contributed by atoms with E-state index in [1.165, 1.54) is 6.21 Å². The van der Waals surface area contributed by atoms with Crippen LogP contribution in [0, 0.1) is 5.41 Å². The normalized spacial score (nSPS) is 17.1. The van der Waals surface area contributed by atoms with Crippen molar-refractivity contribution in [2.75, 3.05) is 13.1 Å². The van der Waals surface area contributed by atoms with E-state index in [0.29, 0.717) is 11.4 Å². The molecule has 3 rings (SSSR count). The summed E-state index contributed by atoms with van der Waals surface area (Å²) in [6.07, 6.45) is 4.98. The SMILES string of the molecule is N=CC(=NC1CCNCC1)c1cnc2ccc(Br)cc2n1. The monoisotopic (exact) mass is 345 g/mol. The minimum atomic E-state index is 0.267. The molecule has 0 atom stereocenters. The summed E-state index contributed by atoms with van der Waals surface area (Å²) in [7, 11) is 0. The molecular formula is C15H16BrN5. The largest absolute Gasteiger partial charge is 0.317 e. The Kier molecular flexibility index (Phi) is 4.36. The molecule has 0 aliphatic carbocycles. The number of hydrogen-bond acceptors (Lipinski definition) is 5. The molecule has 1 saturated heterocycles. The van der Waals surface area contributed by atoms with Gasteiger partial charge in [-0.05, 0) is 44.1 Å². The zero-order valence-electron chi connectivity index (χ0n) is 11.5. The first kappa shape index (κ1) is 14.3. The Morgan fingerprint density at radius 2 is 2.14 bits per heavy atom. The van der Waals surface area contributed by atoms with Crippen molar-refractivity contribution in [1.29, 1.82) is 5.41 Å². The fraction of sp³-hybridized carbons (Fsp3) is 0.333. The van der Waals surface area contributed by atoms with E-state index in [2.05, 4.69) is 36.2 Å². The van der Waals surface area contributed by atoms with Gasteiger partial charge in [-0.3, -0.25) is 9.98 Å². The third kappa shape index (κ3) is 3.33. The van der Waals surface area contributed by atoms with Crippen molar-refractivity contribution in [1.82, 2.24) is 15.3 Å². The van der Waals surface area contributed by atoms with Gasteiger partial charge in [0.15, 0.2) is 0 Å². The van der Waals surface area contributed by atoms with Crippen LogP contribution in [-0.4, -0.2) is 41.0 Å². The number of fused-ring (bicyclic) bond motifs is 1. The molecule has 0 amide bonds. The molecule has 6 heteroatoms. The minimum Gasteiger partial charge on any atom is -0.317 e. The Bertz CT molecular complexity index is 692. The summed E-state index contributed by atoms with van der Waals surface area (Å²) < 4.78 is 0.966. The van der Waals surface area contributed by atoms with Gasteiger partial charge in [0.05, 0.1) is 23.3 Å². The predicted octanol–water partition coefficient (Wildman–Crippen LogP) is 2.58. The Balaban J connectivity index is 1.96. The number of piperidine rings is 1. The summed E-state index contributed by atoms with van der Waals surface area (Å²) in [6, 6.07) is 6.06. The van der Waals surface area contributed by atoms with E-state index in [9.17, 15) is 0 Å². The van der Waals surface area contributed by atoms with Crippen molar-refractivity contribution >= 4 is 38.9 Å². The van der Waals surface area contributed by atoms with E-state index in [1.54, 1.807) is 6.20 Å². The van der Waals surface area contributed by atoms with E-state index in [0.717, 1.165) is 41.4 Å². The zero-order chi connectivity index (χ0) is 14.7. The minimum absolute atomic E-state index is 0.267. The van der Waals surface area contributed by atoms with Gasteiger partial charge in [-0.2, -0.15) is 0 Å². The Morgan fingerprint density at radius 1 is 1.33 bits per heavy atom. The molecular weight excluding hydrogens is 330 g/mol. The van der Waals surface area contributed by atoms with Gasteiger partial charge in [0.25, 0.3) is 0 Å². The van der Waals surface area contributed by atoms with Crippen LogP contribution in [-0.2, 0) is 0 Å². The fourth-order valence-corrected chi connectivity index (χ4v) is 2.77. The molecule has 1 aliphatic heterocycles. The Morgan fingerprint density at radius 3 is 2.90 bits per heavy atom. The maximum absolute atomic E-state index is 7.62. The molecule has 2 aromatic rings. The van der Waals surface area contributed by atoms with Gasteiger partial charge in [-0.1, -0.05) is 15.9 Å². The number of halogens is 1. The van der Waals surface area contributed by atoms with Crippen molar-refractivity contribution in [3.8, 4) is 0 Å². The second kappa shape index (κ2) is 6.41. The average Bonchev–Trinajstić information content (AvgIpc) is 2.53. The van der Waals surface area contributed by atoms with Crippen molar-refractivity contribution in [3.63, 3.8) is 0 Å². The van der Waals surface area contributed by atoms with Crippen LogP contribution in [0.1, 0.15) is 18.5 Å². The third-order valence-corrected chi connectivity index (χ3v) is 4.03. The van der Waals surface area contributed by atoms with Crippen LogP contribution in [0.25, 0.3) is 11.0 Å².